The molecule has 3 N–H and O–H groups in total. The fourth-order valence-corrected chi connectivity index (χ4v) is 2.62. The Hall–Kier alpha value is -2.22. The second-order valence-electron chi connectivity index (χ2n) is 4.89. The van der Waals surface area contributed by atoms with Gasteiger partial charge in [-0.2, -0.15) is 0 Å². The van der Waals surface area contributed by atoms with Gasteiger partial charge >= 0.3 is 0 Å². The first-order chi connectivity index (χ1) is 9.52. The van der Waals surface area contributed by atoms with Crippen molar-refractivity contribution >= 4 is 17.1 Å². The maximum absolute atomic E-state index is 11.0. The van der Waals surface area contributed by atoms with E-state index < -0.39 is 9.85 Å². The fourth-order valence-electron chi connectivity index (χ4n) is 2.62. The summed E-state index contributed by atoms with van der Waals surface area (Å²) in [5, 5.41) is 24.8. The number of nitrogens with two attached hydrogens (primary N) is 1. The molecular weight excluding hydrogens is 264 g/mol. The lowest BCUT2D eigenvalue weighted by atomic mass is 10.0. The van der Waals surface area contributed by atoms with E-state index in [1.807, 2.05) is 0 Å². The molecule has 0 spiro atoms. The van der Waals surface area contributed by atoms with Gasteiger partial charge in [0, 0.05) is 12.1 Å². The number of anilines is 1. The molecule has 1 aliphatic carbocycles. The minimum Gasteiger partial charge on any atom is -0.376 e. The Labute approximate surface area is 115 Å². The number of hydrogen-bond acceptors (Lipinski definition) is 6. The first-order valence-corrected chi connectivity index (χ1v) is 6.42. The van der Waals surface area contributed by atoms with Crippen LogP contribution in [0.25, 0.3) is 0 Å². The van der Waals surface area contributed by atoms with Gasteiger partial charge < -0.3 is 11.1 Å². The van der Waals surface area contributed by atoms with Crippen molar-refractivity contribution in [1.82, 2.24) is 0 Å². The number of benzene rings is 1. The molecule has 0 aromatic heterocycles. The van der Waals surface area contributed by atoms with Gasteiger partial charge in [0.1, 0.15) is 5.69 Å². The zero-order valence-electron chi connectivity index (χ0n) is 10.8. The SMILES string of the molecule is NCC1CCCC1Nc1ccc([N+](=O)[O-])cc1[N+](=O)[O-]. The van der Waals surface area contributed by atoms with Gasteiger partial charge in [0.15, 0.2) is 0 Å². The van der Waals surface area contributed by atoms with Crippen LogP contribution >= 0.6 is 0 Å². The lowest BCUT2D eigenvalue weighted by Crippen LogP contribution is -2.29. The van der Waals surface area contributed by atoms with E-state index in [0.29, 0.717) is 12.2 Å². The molecule has 108 valence electrons. The van der Waals surface area contributed by atoms with Crippen LogP contribution in [-0.2, 0) is 0 Å². The summed E-state index contributed by atoms with van der Waals surface area (Å²) in [5.74, 6) is 0.282. The highest BCUT2D eigenvalue weighted by Crippen LogP contribution is 2.33. The lowest BCUT2D eigenvalue weighted by Gasteiger charge is -2.20. The van der Waals surface area contributed by atoms with Gasteiger partial charge in [0.05, 0.1) is 15.9 Å². The van der Waals surface area contributed by atoms with E-state index in [0.717, 1.165) is 25.3 Å². The summed E-state index contributed by atoms with van der Waals surface area (Å²) >= 11 is 0. The second kappa shape index (κ2) is 5.83. The molecule has 0 amide bonds. The number of nitro groups is 2. The molecule has 0 bridgehead atoms. The zero-order valence-corrected chi connectivity index (χ0v) is 10.8. The van der Waals surface area contributed by atoms with Crippen LogP contribution in [0, 0.1) is 26.1 Å². The van der Waals surface area contributed by atoms with Crippen LogP contribution in [0.3, 0.4) is 0 Å². The molecule has 1 aromatic rings. The summed E-state index contributed by atoms with van der Waals surface area (Å²) in [6, 6.07) is 3.72. The molecule has 0 saturated heterocycles. The Morgan fingerprint density at radius 3 is 2.60 bits per heavy atom. The predicted octanol–water partition coefficient (Wildman–Crippen LogP) is 2.04. The molecule has 1 aliphatic rings. The maximum Gasteiger partial charge on any atom is 0.299 e. The van der Waals surface area contributed by atoms with E-state index in [2.05, 4.69) is 5.32 Å². The Kier molecular flexibility index (Phi) is 4.14. The third-order valence-corrected chi connectivity index (χ3v) is 3.69. The summed E-state index contributed by atoms with van der Waals surface area (Å²) in [4.78, 5) is 20.5. The monoisotopic (exact) mass is 280 g/mol. The smallest absolute Gasteiger partial charge is 0.299 e. The van der Waals surface area contributed by atoms with Crippen molar-refractivity contribution in [2.24, 2.45) is 11.7 Å². The molecule has 8 nitrogen and oxygen atoms in total. The van der Waals surface area contributed by atoms with Crippen molar-refractivity contribution in [2.75, 3.05) is 11.9 Å². The average Bonchev–Trinajstić information content (AvgIpc) is 2.85. The molecule has 1 saturated carbocycles. The molecule has 0 heterocycles. The highest BCUT2D eigenvalue weighted by Gasteiger charge is 2.28. The molecule has 0 radical (unpaired) electrons. The number of nitro benzene ring substituents is 2. The molecule has 20 heavy (non-hydrogen) atoms. The van der Waals surface area contributed by atoms with Crippen LogP contribution in [0.2, 0.25) is 0 Å². The predicted molar refractivity (Wildman–Crippen MR) is 73.6 cm³/mol. The van der Waals surface area contributed by atoms with E-state index in [1.54, 1.807) is 0 Å². The largest absolute Gasteiger partial charge is 0.376 e. The third kappa shape index (κ3) is 2.85. The molecule has 2 unspecified atom stereocenters. The Morgan fingerprint density at radius 1 is 1.25 bits per heavy atom. The topological polar surface area (TPSA) is 124 Å². The summed E-state index contributed by atoms with van der Waals surface area (Å²) in [6.45, 7) is 0.526. The molecule has 8 heteroatoms. The summed E-state index contributed by atoms with van der Waals surface area (Å²) in [7, 11) is 0. The molecule has 1 fully saturated rings. The van der Waals surface area contributed by atoms with Crippen molar-refractivity contribution in [3.63, 3.8) is 0 Å². The first-order valence-electron chi connectivity index (χ1n) is 6.42. The zero-order chi connectivity index (χ0) is 14.7. The second-order valence-corrected chi connectivity index (χ2v) is 4.89. The molecule has 0 aliphatic heterocycles. The van der Waals surface area contributed by atoms with Crippen LogP contribution in [0.4, 0.5) is 17.1 Å². The Balaban J connectivity index is 2.27. The minimum atomic E-state index is -0.644. The fraction of sp³-hybridized carbons (Fsp3) is 0.500. The maximum atomic E-state index is 11.0. The highest BCUT2D eigenvalue weighted by molar-refractivity contribution is 5.65. The van der Waals surface area contributed by atoms with Crippen molar-refractivity contribution in [3.8, 4) is 0 Å². The first kappa shape index (κ1) is 14.2. The van der Waals surface area contributed by atoms with E-state index in [-0.39, 0.29) is 23.3 Å². The van der Waals surface area contributed by atoms with Gasteiger partial charge in [0.25, 0.3) is 11.4 Å². The average molecular weight is 280 g/mol. The van der Waals surface area contributed by atoms with E-state index >= 15 is 0 Å². The van der Waals surface area contributed by atoms with E-state index in [9.17, 15) is 20.2 Å². The molecular formula is C12H16N4O4. The van der Waals surface area contributed by atoms with Gasteiger partial charge in [0.2, 0.25) is 0 Å². The minimum absolute atomic E-state index is 0.0835. The summed E-state index contributed by atoms with van der Waals surface area (Å²) in [6.07, 6.45) is 2.92. The van der Waals surface area contributed by atoms with Gasteiger partial charge in [-0.1, -0.05) is 6.42 Å². The number of nitrogens with one attached hydrogen (secondary N) is 1. The standard InChI is InChI=1S/C12H16N4O4/c13-7-8-2-1-3-10(8)14-11-5-4-9(15(17)18)6-12(11)16(19)20/h4-6,8,10,14H,1-3,7,13H2. The van der Waals surface area contributed by atoms with Gasteiger partial charge in [-0.3, -0.25) is 20.2 Å². The van der Waals surface area contributed by atoms with Crippen LogP contribution in [0.15, 0.2) is 18.2 Å². The van der Waals surface area contributed by atoms with Gasteiger partial charge in [-0.05, 0) is 31.4 Å². The van der Waals surface area contributed by atoms with Gasteiger partial charge in [-0.25, -0.2) is 0 Å². The Morgan fingerprint density at radius 2 is 2.00 bits per heavy atom. The highest BCUT2D eigenvalue weighted by atomic mass is 16.6. The summed E-state index contributed by atoms with van der Waals surface area (Å²) in [5.41, 5.74) is 5.42. The number of hydrogen-bond donors (Lipinski definition) is 2. The van der Waals surface area contributed by atoms with E-state index in [1.165, 1.54) is 12.1 Å². The molecule has 2 rings (SSSR count). The number of rotatable bonds is 5. The van der Waals surface area contributed by atoms with Crippen LogP contribution in [0.1, 0.15) is 19.3 Å². The van der Waals surface area contributed by atoms with Crippen molar-refractivity contribution in [1.29, 1.82) is 0 Å². The number of nitrogens with zero attached hydrogens (tertiary/aromatic N) is 2. The quantitative estimate of drug-likeness (QED) is 0.628. The molecule has 1 aromatic carbocycles. The van der Waals surface area contributed by atoms with Gasteiger partial charge in [-0.15, -0.1) is 0 Å². The third-order valence-electron chi connectivity index (χ3n) is 3.69. The summed E-state index contributed by atoms with van der Waals surface area (Å²) < 4.78 is 0. The van der Waals surface area contributed by atoms with Crippen LogP contribution < -0.4 is 11.1 Å². The van der Waals surface area contributed by atoms with Crippen LogP contribution in [0.5, 0.6) is 0 Å². The number of non-ortho nitro benzene ring substituents is 1. The Bertz CT molecular complexity index is 534. The lowest BCUT2D eigenvalue weighted by molar-refractivity contribution is -0.393. The van der Waals surface area contributed by atoms with Crippen molar-refractivity contribution < 1.29 is 9.85 Å². The van der Waals surface area contributed by atoms with Crippen molar-refractivity contribution in [2.45, 2.75) is 25.3 Å². The molecule has 2 atom stereocenters. The van der Waals surface area contributed by atoms with Crippen molar-refractivity contribution in [3.05, 3.63) is 38.4 Å². The normalized spacial score (nSPS) is 21.6. The van der Waals surface area contributed by atoms with E-state index in [4.69, 9.17) is 5.73 Å². The van der Waals surface area contributed by atoms with Crippen LogP contribution in [-0.4, -0.2) is 22.4 Å².